The Labute approximate surface area is 82.5 Å². The average Bonchev–Trinajstić information content (AvgIpc) is 2.61. The lowest BCUT2D eigenvalue weighted by Gasteiger charge is -2.15. The molecule has 76 valence electrons. The number of nitrogen functional groups attached to an aromatic ring is 1. The Bertz CT molecular complexity index is 585. The lowest BCUT2D eigenvalue weighted by Crippen LogP contribution is -2.19. The molecule has 0 atom stereocenters. The number of nitrogens with one attached hydrogen (secondary N) is 3. The van der Waals surface area contributed by atoms with Gasteiger partial charge in [0, 0.05) is 0 Å². The van der Waals surface area contributed by atoms with Crippen LogP contribution in [0.1, 0.15) is 0 Å². The second-order valence-corrected chi connectivity index (χ2v) is 2.94. The van der Waals surface area contributed by atoms with Crippen LogP contribution in [0.3, 0.4) is 0 Å². The van der Waals surface area contributed by atoms with E-state index in [-0.39, 0.29) is 17.5 Å². The third-order valence-corrected chi connectivity index (χ3v) is 1.95. The van der Waals surface area contributed by atoms with Gasteiger partial charge >= 0.3 is 0 Å². The zero-order valence-corrected chi connectivity index (χ0v) is 7.37. The molecule has 0 radical (unpaired) electrons. The van der Waals surface area contributed by atoms with Gasteiger partial charge in [-0.2, -0.15) is 4.98 Å². The molecule has 2 aromatic heterocycles. The number of ether oxygens (including phenoxy) is 1. The quantitative estimate of drug-likeness (QED) is 0.408. The van der Waals surface area contributed by atoms with Crippen molar-refractivity contribution in [2.45, 2.75) is 0 Å². The number of aromatic nitrogens is 4. The summed E-state index contributed by atoms with van der Waals surface area (Å²) in [5.41, 5.74) is 5.19. The number of anilines is 3. The molecule has 3 rings (SSSR count). The fraction of sp³-hybridized carbons (Fsp3) is 0. The Kier molecular flexibility index (Phi) is 1.31. The zero-order valence-electron chi connectivity index (χ0n) is 7.37. The second-order valence-electron chi connectivity index (χ2n) is 2.94. The molecule has 2 aromatic rings. The molecule has 0 unspecified atom stereocenters. The van der Waals surface area contributed by atoms with E-state index in [1.165, 1.54) is 6.33 Å². The molecule has 1 aliphatic heterocycles. The van der Waals surface area contributed by atoms with Crippen LogP contribution in [0.5, 0.6) is 11.8 Å². The number of fused-ring (bicyclic) bond motifs is 2. The standard InChI is InChI=1S/C7H6N6O2/c8-7-12-4(14)2-5(13-7)15-6-3(11-2)9-1-10-6/h1,11H,(H,9,10)(H3,8,12,13,14). The fourth-order valence-electron chi connectivity index (χ4n) is 1.32. The summed E-state index contributed by atoms with van der Waals surface area (Å²) in [6, 6.07) is 0. The minimum atomic E-state index is -0.391. The van der Waals surface area contributed by atoms with Crippen LogP contribution >= 0.6 is 0 Å². The lowest BCUT2D eigenvalue weighted by atomic mass is 10.4. The number of H-pyrrole nitrogens is 2. The van der Waals surface area contributed by atoms with E-state index in [0.717, 1.165) is 0 Å². The van der Waals surface area contributed by atoms with E-state index in [0.29, 0.717) is 11.7 Å². The number of hydrogen-bond acceptors (Lipinski definition) is 6. The van der Waals surface area contributed by atoms with E-state index < -0.39 is 5.56 Å². The lowest BCUT2D eigenvalue weighted by molar-refractivity contribution is 0.445. The van der Waals surface area contributed by atoms with Gasteiger partial charge in [0.25, 0.3) is 17.3 Å². The molecular weight excluding hydrogens is 200 g/mol. The highest BCUT2D eigenvalue weighted by Gasteiger charge is 2.22. The molecule has 0 aliphatic carbocycles. The Morgan fingerprint density at radius 2 is 2.27 bits per heavy atom. The van der Waals surface area contributed by atoms with Crippen molar-refractivity contribution >= 4 is 17.5 Å². The highest BCUT2D eigenvalue weighted by Crippen LogP contribution is 2.35. The molecule has 3 heterocycles. The van der Waals surface area contributed by atoms with Gasteiger partial charge in [-0.3, -0.25) is 9.78 Å². The smallest absolute Gasteiger partial charge is 0.280 e. The molecule has 8 nitrogen and oxygen atoms in total. The average molecular weight is 206 g/mol. The number of hydrogen-bond donors (Lipinski definition) is 4. The van der Waals surface area contributed by atoms with E-state index in [2.05, 4.69) is 25.3 Å². The molecule has 1 aliphatic rings. The first-order valence-electron chi connectivity index (χ1n) is 4.12. The van der Waals surface area contributed by atoms with Crippen molar-refractivity contribution in [2.75, 3.05) is 11.1 Å². The first-order chi connectivity index (χ1) is 7.24. The summed E-state index contributed by atoms with van der Waals surface area (Å²) < 4.78 is 5.26. The van der Waals surface area contributed by atoms with Crippen LogP contribution in [0.2, 0.25) is 0 Å². The Morgan fingerprint density at radius 3 is 3.13 bits per heavy atom. The zero-order chi connectivity index (χ0) is 10.4. The van der Waals surface area contributed by atoms with E-state index in [1.807, 2.05) is 0 Å². The molecular formula is C7H6N6O2. The summed E-state index contributed by atoms with van der Waals surface area (Å²) in [6.07, 6.45) is 1.45. The number of nitrogens with two attached hydrogens (primary N) is 1. The van der Waals surface area contributed by atoms with Gasteiger partial charge in [-0.1, -0.05) is 0 Å². The molecule has 0 saturated carbocycles. The summed E-state index contributed by atoms with van der Waals surface area (Å²) in [7, 11) is 0. The highest BCUT2D eigenvalue weighted by atomic mass is 16.5. The predicted molar refractivity (Wildman–Crippen MR) is 51.2 cm³/mol. The van der Waals surface area contributed by atoms with Crippen molar-refractivity contribution in [1.82, 2.24) is 19.9 Å². The predicted octanol–water partition coefficient (Wildman–Crippen LogP) is -0.0755. The van der Waals surface area contributed by atoms with Crippen LogP contribution in [0.15, 0.2) is 11.1 Å². The molecule has 0 bridgehead atoms. The first-order valence-corrected chi connectivity index (χ1v) is 4.12. The van der Waals surface area contributed by atoms with Crippen LogP contribution in [-0.2, 0) is 0 Å². The van der Waals surface area contributed by atoms with E-state index in [1.54, 1.807) is 0 Å². The minimum Gasteiger partial charge on any atom is -0.414 e. The van der Waals surface area contributed by atoms with Gasteiger partial charge in [-0.15, -0.1) is 0 Å². The van der Waals surface area contributed by atoms with E-state index >= 15 is 0 Å². The molecule has 0 spiro atoms. The number of aromatic amines is 2. The first kappa shape index (κ1) is 7.85. The number of imidazole rings is 1. The van der Waals surface area contributed by atoms with Crippen LogP contribution < -0.4 is 21.3 Å². The minimum absolute atomic E-state index is 0.000430. The van der Waals surface area contributed by atoms with Crippen molar-refractivity contribution in [2.24, 2.45) is 0 Å². The van der Waals surface area contributed by atoms with Gasteiger partial charge in [0.05, 0.1) is 6.33 Å². The summed E-state index contributed by atoms with van der Waals surface area (Å²) in [5, 5.41) is 2.81. The Balaban J connectivity index is 2.21. The van der Waals surface area contributed by atoms with Crippen LogP contribution in [0.25, 0.3) is 0 Å². The van der Waals surface area contributed by atoms with Gasteiger partial charge < -0.3 is 20.8 Å². The van der Waals surface area contributed by atoms with Crippen LogP contribution in [0.4, 0.5) is 17.5 Å². The molecule has 5 N–H and O–H groups in total. The van der Waals surface area contributed by atoms with Gasteiger partial charge in [-0.05, 0) is 0 Å². The molecule has 0 aromatic carbocycles. The molecule has 0 saturated heterocycles. The van der Waals surface area contributed by atoms with Crippen molar-refractivity contribution in [3.63, 3.8) is 0 Å². The maximum Gasteiger partial charge on any atom is 0.280 e. The monoisotopic (exact) mass is 206 g/mol. The molecule has 0 fully saturated rings. The van der Waals surface area contributed by atoms with Crippen molar-refractivity contribution in [1.29, 1.82) is 0 Å². The van der Waals surface area contributed by atoms with Crippen LogP contribution in [0, 0.1) is 0 Å². The topological polar surface area (TPSA) is 122 Å². The van der Waals surface area contributed by atoms with Gasteiger partial charge in [-0.25, -0.2) is 4.98 Å². The highest BCUT2D eigenvalue weighted by molar-refractivity contribution is 5.69. The number of rotatable bonds is 0. The number of nitrogens with zero attached hydrogens (tertiary/aromatic N) is 2. The maximum absolute atomic E-state index is 11.5. The van der Waals surface area contributed by atoms with E-state index in [9.17, 15) is 4.79 Å². The van der Waals surface area contributed by atoms with Gasteiger partial charge in [0.15, 0.2) is 11.5 Å². The van der Waals surface area contributed by atoms with Crippen molar-refractivity contribution in [3.8, 4) is 11.8 Å². The summed E-state index contributed by atoms with van der Waals surface area (Å²) >= 11 is 0. The van der Waals surface area contributed by atoms with Gasteiger partial charge in [0.2, 0.25) is 5.95 Å². The van der Waals surface area contributed by atoms with Crippen LogP contribution in [-0.4, -0.2) is 19.9 Å². The normalized spacial score (nSPS) is 12.3. The van der Waals surface area contributed by atoms with Gasteiger partial charge in [0.1, 0.15) is 0 Å². The largest absolute Gasteiger partial charge is 0.414 e. The molecule has 0 amide bonds. The summed E-state index contributed by atoms with van der Waals surface area (Å²) in [5.74, 6) is 0.968. The second kappa shape index (κ2) is 2.50. The maximum atomic E-state index is 11.5. The van der Waals surface area contributed by atoms with Crippen molar-refractivity contribution < 1.29 is 4.74 Å². The van der Waals surface area contributed by atoms with E-state index in [4.69, 9.17) is 10.5 Å². The molecule has 8 heteroatoms. The summed E-state index contributed by atoms with van der Waals surface area (Å²) in [4.78, 5) is 24.3. The fourth-order valence-corrected chi connectivity index (χ4v) is 1.32. The molecule has 15 heavy (non-hydrogen) atoms. The summed E-state index contributed by atoms with van der Waals surface area (Å²) in [6.45, 7) is 0. The third kappa shape index (κ3) is 1.04. The Morgan fingerprint density at radius 1 is 1.40 bits per heavy atom. The van der Waals surface area contributed by atoms with Crippen molar-refractivity contribution in [3.05, 3.63) is 16.7 Å². The third-order valence-electron chi connectivity index (χ3n) is 1.95. The Hall–Kier alpha value is -2.51. The SMILES string of the molecule is Nc1nc2c(c(=O)[nH]1)Nc1[nH]cnc1O2.